The van der Waals surface area contributed by atoms with E-state index >= 15 is 0 Å². The van der Waals surface area contributed by atoms with Crippen LogP contribution in [0.1, 0.15) is 31.0 Å². The van der Waals surface area contributed by atoms with E-state index < -0.39 is 0 Å². The van der Waals surface area contributed by atoms with Crippen LogP contribution in [0.2, 0.25) is 0 Å². The zero-order chi connectivity index (χ0) is 12.1. The van der Waals surface area contributed by atoms with Crippen molar-refractivity contribution in [1.29, 1.82) is 0 Å². The van der Waals surface area contributed by atoms with Crippen molar-refractivity contribution in [3.63, 3.8) is 0 Å². The quantitative estimate of drug-likeness (QED) is 0.814. The van der Waals surface area contributed by atoms with Crippen molar-refractivity contribution in [2.75, 3.05) is 6.54 Å². The van der Waals surface area contributed by atoms with E-state index in [1.165, 1.54) is 11.5 Å². The van der Waals surface area contributed by atoms with Crippen LogP contribution in [0.5, 0.6) is 0 Å². The molecule has 2 aromatic rings. The summed E-state index contributed by atoms with van der Waals surface area (Å²) in [6, 6.07) is 0. The van der Waals surface area contributed by atoms with Crippen molar-refractivity contribution in [2.45, 2.75) is 33.2 Å². The predicted octanol–water partition coefficient (Wildman–Crippen LogP) is 2.12. The molecule has 0 radical (unpaired) electrons. The summed E-state index contributed by atoms with van der Waals surface area (Å²) in [7, 11) is 0. The Labute approximate surface area is 108 Å². The fourth-order valence-electron chi connectivity index (χ4n) is 1.39. The summed E-state index contributed by atoms with van der Waals surface area (Å²) >= 11 is 3.01. The molecule has 0 bridgehead atoms. The number of nitrogens with zero attached hydrogens (tertiary/aromatic N) is 4. The molecule has 1 N–H and O–H groups in total. The van der Waals surface area contributed by atoms with Gasteiger partial charge in [-0.2, -0.15) is 0 Å². The molecule has 0 spiro atoms. The molecule has 0 aliphatic carbocycles. The Morgan fingerprint density at radius 1 is 1.18 bits per heavy atom. The van der Waals surface area contributed by atoms with Gasteiger partial charge in [-0.15, -0.1) is 15.3 Å². The first-order valence-electron chi connectivity index (χ1n) is 5.69. The Hall–Kier alpha value is -0.920. The average molecular weight is 269 g/mol. The van der Waals surface area contributed by atoms with Gasteiger partial charge >= 0.3 is 0 Å². The average Bonchev–Trinajstić information content (AvgIpc) is 2.96. The van der Waals surface area contributed by atoms with Gasteiger partial charge in [-0.25, -0.2) is 0 Å². The minimum absolute atomic E-state index is 0.791. The van der Waals surface area contributed by atoms with Crippen molar-refractivity contribution in [1.82, 2.24) is 25.1 Å². The van der Waals surface area contributed by atoms with Crippen molar-refractivity contribution >= 4 is 22.9 Å². The number of aromatic nitrogens is 4. The molecule has 0 atom stereocenters. The lowest BCUT2D eigenvalue weighted by atomic mass is 10.3. The SMILES string of the molecule is CCCNCc1nnc(-c2snnc2CC)s1. The molecule has 0 aliphatic rings. The number of hydrogen-bond donors (Lipinski definition) is 1. The van der Waals surface area contributed by atoms with Crippen LogP contribution in [0.4, 0.5) is 0 Å². The smallest absolute Gasteiger partial charge is 0.161 e. The van der Waals surface area contributed by atoms with E-state index in [1.54, 1.807) is 11.3 Å². The van der Waals surface area contributed by atoms with Gasteiger partial charge in [0.05, 0.1) is 5.69 Å². The second kappa shape index (κ2) is 6.13. The minimum atomic E-state index is 0.791. The molecule has 0 amide bonds. The molecule has 0 saturated carbocycles. The van der Waals surface area contributed by atoms with Crippen LogP contribution in [0.15, 0.2) is 0 Å². The molecule has 0 unspecified atom stereocenters. The second-order valence-electron chi connectivity index (χ2n) is 3.58. The summed E-state index contributed by atoms with van der Waals surface area (Å²) in [5.74, 6) is 0. The van der Waals surface area contributed by atoms with Gasteiger partial charge in [-0.1, -0.05) is 29.7 Å². The maximum Gasteiger partial charge on any atom is 0.161 e. The van der Waals surface area contributed by atoms with E-state index in [0.29, 0.717) is 0 Å². The summed E-state index contributed by atoms with van der Waals surface area (Å²) in [4.78, 5) is 1.06. The van der Waals surface area contributed by atoms with Gasteiger partial charge in [-0.05, 0) is 30.9 Å². The summed E-state index contributed by atoms with van der Waals surface area (Å²) in [6.07, 6.45) is 2.01. The Morgan fingerprint density at radius 3 is 2.82 bits per heavy atom. The molecule has 0 aliphatic heterocycles. The highest BCUT2D eigenvalue weighted by molar-refractivity contribution is 7.19. The number of aryl methyl sites for hydroxylation is 1. The molecule has 2 rings (SSSR count). The maximum atomic E-state index is 4.20. The van der Waals surface area contributed by atoms with Gasteiger partial charge < -0.3 is 5.32 Å². The summed E-state index contributed by atoms with van der Waals surface area (Å²) in [6.45, 7) is 6.02. The van der Waals surface area contributed by atoms with Crippen LogP contribution < -0.4 is 5.32 Å². The molecule has 0 aromatic carbocycles. The summed E-state index contributed by atoms with van der Waals surface area (Å²) < 4.78 is 3.97. The zero-order valence-electron chi connectivity index (χ0n) is 9.93. The Balaban J connectivity index is 2.07. The van der Waals surface area contributed by atoms with Gasteiger partial charge in [0.2, 0.25) is 0 Å². The summed E-state index contributed by atoms with van der Waals surface area (Å²) in [5.41, 5.74) is 1.01. The largest absolute Gasteiger partial charge is 0.310 e. The van der Waals surface area contributed by atoms with E-state index in [0.717, 1.165) is 46.5 Å². The van der Waals surface area contributed by atoms with Crippen LogP contribution >= 0.6 is 22.9 Å². The number of nitrogens with one attached hydrogen (secondary N) is 1. The second-order valence-corrected chi connectivity index (χ2v) is 5.40. The van der Waals surface area contributed by atoms with Crippen LogP contribution in [0.3, 0.4) is 0 Å². The molecule has 17 heavy (non-hydrogen) atoms. The monoisotopic (exact) mass is 269 g/mol. The predicted molar refractivity (Wildman–Crippen MR) is 70.2 cm³/mol. The van der Waals surface area contributed by atoms with Gasteiger partial charge in [0.25, 0.3) is 0 Å². The first kappa shape index (κ1) is 12.5. The molecule has 0 fully saturated rings. The number of rotatable bonds is 6. The normalized spacial score (nSPS) is 10.9. The van der Waals surface area contributed by atoms with E-state index in [-0.39, 0.29) is 0 Å². The molecule has 2 heterocycles. The highest BCUT2D eigenvalue weighted by Crippen LogP contribution is 2.29. The molecule has 5 nitrogen and oxygen atoms in total. The lowest BCUT2D eigenvalue weighted by molar-refractivity contribution is 0.668. The Kier molecular flexibility index (Phi) is 4.52. The third kappa shape index (κ3) is 3.05. The molecular weight excluding hydrogens is 254 g/mol. The van der Waals surface area contributed by atoms with Crippen molar-refractivity contribution in [2.24, 2.45) is 0 Å². The standard InChI is InChI=1S/C10H15N5S2/c1-3-5-11-6-8-13-14-10(16-8)9-7(4-2)12-15-17-9/h11H,3-6H2,1-2H3. The fourth-order valence-corrected chi connectivity index (χ4v) is 3.03. The minimum Gasteiger partial charge on any atom is -0.310 e. The molecular formula is C10H15N5S2. The maximum absolute atomic E-state index is 4.20. The topological polar surface area (TPSA) is 63.6 Å². The van der Waals surface area contributed by atoms with Crippen molar-refractivity contribution in [3.8, 4) is 9.88 Å². The van der Waals surface area contributed by atoms with Gasteiger partial charge in [0, 0.05) is 6.54 Å². The van der Waals surface area contributed by atoms with Crippen LogP contribution in [-0.4, -0.2) is 26.3 Å². The highest BCUT2D eigenvalue weighted by atomic mass is 32.1. The number of hydrogen-bond acceptors (Lipinski definition) is 7. The fraction of sp³-hybridized carbons (Fsp3) is 0.600. The van der Waals surface area contributed by atoms with Gasteiger partial charge in [-0.3, -0.25) is 0 Å². The lowest BCUT2D eigenvalue weighted by Crippen LogP contribution is -2.13. The van der Waals surface area contributed by atoms with Crippen LogP contribution in [0.25, 0.3) is 9.88 Å². The molecule has 7 heteroatoms. The van der Waals surface area contributed by atoms with E-state index in [9.17, 15) is 0 Å². The zero-order valence-corrected chi connectivity index (χ0v) is 11.6. The van der Waals surface area contributed by atoms with Crippen molar-refractivity contribution < 1.29 is 0 Å². The highest BCUT2D eigenvalue weighted by Gasteiger charge is 2.13. The molecule has 0 saturated heterocycles. The van der Waals surface area contributed by atoms with Gasteiger partial charge in [0.15, 0.2) is 5.01 Å². The van der Waals surface area contributed by atoms with E-state index in [2.05, 4.69) is 38.9 Å². The molecule has 2 aromatic heterocycles. The van der Waals surface area contributed by atoms with Crippen LogP contribution in [0, 0.1) is 0 Å². The first-order valence-corrected chi connectivity index (χ1v) is 7.28. The van der Waals surface area contributed by atoms with Crippen LogP contribution in [-0.2, 0) is 13.0 Å². The van der Waals surface area contributed by atoms with Gasteiger partial charge in [0.1, 0.15) is 9.88 Å². The van der Waals surface area contributed by atoms with E-state index in [4.69, 9.17) is 0 Å². The first-order chi connectivity index (χ1) is 8.35. The third-order valence-corrected chi connectivity index (χ3v) is 4.10. The van der Waals surface area contributed by atoms with E-state index in [1.807, 2.05) is 0 Å². The van der Waals surface area contributed by atoms with Crippen molar-refractivity contribution in [3.05, 3.63) is 10.7 Å². The Bertz CT molecular complexity index is 465. The lowest BCUT2D eigenvalue weighted by Gasteiger charge is -1.96. The summed E-state index contributed by atoms with van der Waals surface area (Å²) in [5, 5.41) is 17.7. The Morgan fingerprint density at radius 2 is 2.06 bits per heavy atom. The third-order valence-electron chi connectivity index (χ3n) is 2.25. The molecule has 92 valence electrons.